The molecule has 0 saturated carbocycles. The summed E-state index contributed by atoms with van der Waals surface area (Å²) in [6.07, 6.45) is -2.24. The Kier molecular flexibility index (Phi) is 6.84. The highest BCUT2D eigenvalue weighted by Gasteiger charge is 2.40. The number of aryl methyl sites for hydroxylation is 1. The lowest BCUT2D eigenvalue weighted by atomic mass is 9.95. The van der Waals surface area contributed by atoms with Gasteiger partial charge in [0.2, 0.25) is 0 Å². The molecule has 3 atom stereocenters. The van der Waals surface area contributed by atoms with Crippen molar-refractivity contribution in [3.63, 3.8) is 0 Å². The maximum atomic E-state index is 13.7. The molecule has 0 amide bonds. The normalized spacial score (nSPS) is 20.0. The van der Waals surface area contributed by atoms with Crippen molar-refractivity contribution in [3.8, 4) is 6.07 Å². The van der Waals surface area contributed by atoms with Gasteiger partial charge in [-0.2, -0.15) is 18.4 Å². The Hall–Kier alpha value is -3.39. The molecule has 192 valence electrons. The molecule has 1 aromatic carbocycles. The number of rotatable bonds is 5. The van der Waals surface area contributed by atoms with Gasteiger partial charge in [0.05, 0.1) is 35.6 Å². The van der Waals surface area contributed by atoms with Crippen molar-refractivity contribution in [1.29, 1.82) is 5.26 Å². The van der Waals surface area contributed by atoms with Crippen LogP contribution in [0.3, 0.4) is 0 Å². The fraction of sp³-hybridized carbons (Fsp3) is 0.480. The van der Waals surface area contributed by atoms with E-state index >= 15 is 0 Å². The van der Waals surface area contributed by atoms with E-state index in [-0.39, 0.29) is 29.6 Å². The first-order valence-electron chi connectivity index (χ1n) is 11.8. The van der Waals surface area contributed by atoms with E-state index in [0.29, 0.717) is 42.6 Å². The van der Waals surface area contributed by atoms with Crippen LogP contribution in [0.25, 0.3) is 5.65 Å². The third-order valence-corrected chi connectivity index (χ3v) is 7.06. The van der Waals surface area contributed by atoms with Gasteiger partial charge in [0.15, 0.2) is 5.65 Å². The zero-order valence-corrected chi connectivity index (χ0v) is 20.6. The number of imidazole rings is 1. The van der Waals surface area contributed by atoms with Crippen molar-refractivity contribution in [3.05, 3.63) is 63.5 Å². The van der Waals surface area contributed by atoms with Gasteiger partial charge >= 0.3 is 6.18 Å². The number of nitrogens with zero attached hydrogens (tertiary/aromatic N) is 6. The maximum Gasteiger partial charge on any atom is 0.416 e. The molecule has 3 aromatic rings. The van der Waals surface area contributed by atoms with E-state index in [1.807, 2.05) is 18.7 Å². The Morgan fingerprint density at radius 3 is 2.61 bits per heavy atom. The highest BCUT2D eigenvalue weighted by molar-refractivity contribution is 5.69. The third kappa shape index (κ3) is 4.57. The second-order valence-corrected chi connectivity index (χ2v) is 9.29. The molecule has 3 heterocycles. The van der Waals surface area contributed by atoms with Crippen molar-refractivity contribution in [2.45, 2.75) is 57.9 Å². The van der Waals surface area contributed by atoms with Crippen LogP contribution in [0.4, 0.5) is 23.2 Å². The quantitative estimate of drug-likeness (QED) is 0.485. The number of benzene rings is 1. The minimum absolute atomic E-state index is 0.0355. The van der Waals surface area contributed by atoms with E-state index in [2.05, 4.69) is 16.0 Å². The Bertz CT molecular complexity index is 1370. The van der Waals surface area contributed by atoms with Crippen LogP contribution in [0.2, 0.25) is 0 Å². The molecule has 0 aliphatic carbocycles. The maximum absolute atomic E-state index is 13.7. The molecule has 0 spiro atoms. The minimum Gasteiger partial charge on any atom is -0.363 e. The minimum atomic E-state index is -4.67. The van der Waals surface area contributed by atoms with Gasteiger partial charge in [0, 0.05) is 44.3 Å². The van der Waals surface area contributed by atoms with Crippen molar-refractivity contribution in [1.82, 2.24) is 19.1 Å². The van der Waals surface area contributed by atoms with E-state index in [4.69, 9.17) is 5.26 Å². The summed E-state index contributed by atoms with van der Waals surface area (Å²) in [5.74, 6) is -0.923. The Morgan fingerprint density at radius 1 is 1.25 bits per heavy atom. The Labute approximate surface area is 206 Å². The monoisotopic (exact) mass is 504 g/mol. The second kappa shape index (κ2) is 9.58. The molecule has 1 aliphatic rings. The summed E-state index contributed by atoms with van der Waals surface area (Å²) in [5, 5.41) is 9.08. The number of hydrogen-bond donors (Lipinski definition) is 0. The number of piperazine rings is 1. The van der Waals surface area contributed by atoms with Crippen LogP contribution in [-0.2, 0) is 19.6 Å². The van der Waals surface area contributed by atoms with Crippen LogP contribution in [0.1, 0.15) is 50.1 Å². The molecule has 11 heteroatoms. The molecule has 1 aliphatic heterocycles. The van der Waals surface area contributed by atoms with Crippen molar-refractivity contribution >= 4 is 11.3 Å². The number of nitriles is 1. The van der Waals surface area contributed by atoms with E-state index in [1.54, 1.807) is 24.7 Å². The second-order valence-electron chi connectivity index (χ2n) is 9.29. The predicted octanol–water partition coefficient (Wildman–Crippen LogP) is 4.31. The smallest absolute Gasteiger partial charge is 0.363 e. The molecule has 1 saturated heterocycles. The summed E-state index contributed by atoms with van der Waals surface area (Å²) >= 11 is 0. The number of alkyl halides is 3. The van der Waals surface area contributed by atoms with E-state index < -0.39 is 23.6 Å². The molecule has 1 unspecified atom stereocenters. The molecule has 0 bridgehead atoms. The SMILES string of the molecule is CC[C@@H]1CN(c2cc(=O)n(C)n3cc(CC#N)nc23)[C@@H](C)CN1C(C)c1ccc(F)cc1C(F)(F)F. The van der Waals surface area contributed by atoms with Crippen LogP contribution >= 0.6 is 0 Å². The number of halogens is 4. The Morgan fingerprint density at radius 2 is 1.97 bits per heavy atom. The molecule has 7 nitrogen and oxygen atoms in total. The fourth-order valence-electron chi connectivity index (χ4n) is 5.14. The van der Waals surface area contributed by atoms with E-state index in [1.165, 1.54) is 16.8 Å². The first-order chi connectivity index (χ1) is 17.0. The first kappa shape index (κ1) is 25.7. The number of hydrogen-bond acceptors (Lipinski definition) is 5. The van der Waals surface area contributed by atoms with Gasteiger partial charge in [-0.15, -0.1) is 0 Å². The summed E-state index contributed by atoms with van der Waals surface area (Å²) in [5.41, 5.74) is 0.546. The number of aromatic nitrogens is 3. The zero-order chi connectivity index (χ0) is 26.4. The highest BCUT2D eigenvalue weighted by atomic mass is 19.4. The van der Waals surface area contributed by atoms with Gasteiger partial charge in [0.1, 0.15) is 5.82 Å². The molecule has 0 radical (unpaired) electrons. The molecule has 2 aromatic heterocycles. The molecule has 36 heavy (non-hydrogen) atoms. The van der Waals surface area contributed by atoms with Gasteiger partial charge in [-0.1, -0.05) is 13.0 Å². The third-order valence-electron chi connectivity index (χ3n) is 7.06. The Balaban J connectivity index is 1.71. The lowest BCUT2D eigenvalue weighted by Gasteiger charge is -2.48. The van der Waals surface area contributed by atoms with Gasteiger partial charge in [-0.3, -0.25) is 9.69 Å². The van der Waals surface area contributed by atoms with Gasteiger partial charge < -0.3 is 4.90 Å². The van der Waals surface area contributed by atoms with Crippen LogP contribution < -0.4 is 10.5 Å². The van der Waals surface area contributed by atoms with Crippen LogP contribution in [-0.4, -0.2) is 44.3 Å². The average molecular weight is 505 g/mol. The molecule has 4 rings (SSSR count). The van der Waals surface area contributed by atoms with E-state index in [9.17, 15) is 22.4 Å². The number of anilines is 1. The molecule has 0 N–H and O–H groups in total. The molecular formula is C25H28F4N6O. The summed E-state index contributed by atoms with van der Waals surface area (Å²) in [4.78, 5) is 21.4. The molecule has 1 fully saturated rings. The average Bonchev–Trinajstić information content (AvgIpc) is 3.25. The summed E-state index contributed by atoms with van der Waals surface area (Å²) < 4.78 is 57.9. The van der Waals surface area contributed by atoms with Crippen molar-refractivity contribution < 1.29 is 17.6 Å². The highest BCUT2D eigenvalue weighted by Crippen LogP contribution is 2.39. The van der Waals surface area contributed by atoms with Gasteiger partial charge in [-0.25, -0.2) is 18.6 Å². The predicted molar refractivity (Wildman–Crippen MR) is 127 cm³/mol. The fourth-order valence-corrected chi connectivity index (χ4v) is 5.14. The van der Waals surface area contributed by atoms with Crippen LogP contribution in [0, 0.1) is 17.1 Å². The number of fused-ring (bicyclic) bond motifs is 1. The van der Waals surface area contributed by atoms with E-state index in [0.717, 1.165) is 6.07 Å². The van der Waals surface area contributed by atoms with Crippen molar-refractivity contribution in [2.24, 2.45) is 7.05 Å². The zero-order valence-electron chi connectivity index (χ0n) is 20.6. The summed E-state index contributed by atoms with van der Waals surface area (Å²) in [6.45, 7) is 6.53. The largest absolute Gasteiger partial charge is 0.416 e. The lowest BCUT2D eigenvalue weighted by molar-refractivity contribution is -0.139. The summed E-state index contributed by atoms with van der Waals surface area (Å²) in [6, 6.07) is 5.54. The molecular weight excluding hydrogens is 476 g/mol. The topological polar surface area (TPSA) is 69.6 Å². The first-order valence-corrected chi connectivity index (χ1v) is 11.8. The van der Waals surface area contributed by atoms with Crippen LogP contribution in [0.15, 0.2) is 35.3 Å². The summed E-state index contributed by atoms with van der Waals surface area (Å²) in [7, 11) is 1.62. The van der Waals surface area contributed by atoms with Crippen molar-refractivity contribution in [2.75, 3.05) is 18.0 Å². The standard InChI is InChI=1S/C25H28F4N6O/c1-5-19-14-33(22-11-23(36)32(4)35-13-18(8-9-30)31-24(22)35)15(2)12-34(19)16(3)20-7-6-17(26)10-21(20)25(27,28)29/h6-7,10-11,13,15-16,19H,5,8,12,14H2,1-4H3/t15-,16?,19+/m0/s1. The lowest BCUT2D eigenvalue weighted by Crippen LogP contribution is -2.58. The van der Waals surface area contributed by atoms with Gasteiger partial charge in [0.25, 0.3) is 5.56 Å². The van der Waals surface area contributed by atoms with Gasteiger partial charge in [-0.05, 0) is 38.0 Å². The van der Waals surface area contributed by atoms with Crippen LogP contribution in [0.5, 0.6) is 0 Å².